The topological polar surface area (TPSA) is 139 Å². The maximum absolute atomic E-state index is 12.6. The minimum atomic E-state index is -0.812. The molecule has 0 radical (unpaired) electrons. The maximum Gasteiger partial charge on any atom is 0.330 e. The molecular formula is C15H16N6O3S. The summed E-state index contributed by atoms with van der Waals surface area (Å²) in [5.74, 6) is -1.23. The summed E-state index contributed by atoms with van der Waals surface area (Å²) in [7, 11) is 0. The third-order valence-corrected chi connectivity index (χ3v) is 4.67. The van der Waals surface area contributed by atoms with Gasteiger partial charge in [0.25, 0.3) is 5.91 Å². The lowest BCUT2D eigenvalue weighted by Gasteiger charge is -2.05. The Hall–Kier alpha value is -3.01. The van der Waals surface area contributed by atoms with Gasteiger partial charge in [0.2, 0.25) is 5.91 Å². The summed E-state index contributed by atoms with van der Waals surface area (Å²) in [5, 5.41) is 0. The summed E-state index contributed by atoms with van der Waals surface area (Å²) < 4.78 is 2.45. The van der Waals surface area contributed by atoms with Gasteiger partial charge in [-0.15, -0.1) is 11.3 Å². The average molecular weight is 360 g/mol. The third-order valence-electron chi connectivity index (χ3n) is 3.68. The molecule has 10 heteroatoms. The molecule has 3 rings (SSSR count). The number of hydrogen-bond acceptors (Lipinski definition) is 6. The molecule has 3 heterocycles. The van der Waals surface area contributed by atoms with Gasteiger partial charge in [-0.3, -0.25) is 18.7 Å². The monoisotopic (exact) mass is 360 g/mol. The third kappa shape index (κ3) is 2.80. The highest BCUT2D eigenvalue weighted by molar-refractivity contribution is 7.15. The summed E-state index contributed by atoms with van der Waals surface area (Å²) in [6.45, 7) is 3.62. The predicted octanol–water partition coefficient (Wildman–Crippen LogP) is 0.234. The van der Waals surface area contributed by atoms with E-state index in [1.165, 1.54) is 15.9 Å². The Kier molecular flexibility index (Phi) is 4.13. The number of fused-ring (bicyclic) bond motifs is 1. The molecule has 0 aliphatic heterocycles. The molecule has 0 atom stereocenters. The van der Waals surface area contributed by atoms with Gasteiger partial charge in [0.1, 0.15) is 12.1 Å². The number of aryl methyl sites for hydroxylation is 2. The lowest BCUT2D eigenvalue weighted by atomic mass is 10.3. The molecule has 0 aliphatic carbocycles. The van der Waals surface area contributed by atoms with Crippen molar-refractivity contribution >= 4 is 34.3 Å². The molecule has 0 fully saturated rings. The van der Waals surface area contributed by atoms with Gasteiger partial charge in [-0.1, -0.05) is 0 Å². The van der Waals surface area contributed by atoms with Crippen LogP contribution in [0, 0.1) is 6.92 Å². The van der Waals surface area contributed by atoms with Gasteiger partial charge in [0.15, 0.2) is 17.2 Å². The molecule has 4 N–H and O–H groups in total. The second kappa shape index (κ2) is 6.13. The summed E-state index contributed by atoms with van der Waals surface area (Å²) in [6, 6.07) is 3.74. The predicted molar refractivity (Wildman–Crippen MR) is 93.2 cm³/mol. The number of carbonyl (C=O) groups is 2. The van der Waals surface area contributed by atoms with Gasteiger partial charge in [-0.05, 0) is 26.0 Å². The fraction of sp³-hybridized carbons (Fsp3) is 0.267. The zero-order valence-corrected chi connectivity index (χ0v) is 14.5. The van der Waals surface area contributed by atoms with Crippen LogP contribution in [0.5, 0.6) is 0 Å². The maximum atomic E-state index is 12.6. The number of primary amides is 2. The highest BCUT2D eigenvalue weighted by Gasteiger charge is 2.23. The van der Waals surface area contributed by atoms with Crippen molar-refractivity contribution in [1.82, 2.24) is 19.1 Å². The first-order valence-corrected chi connectivity index (χ1v) is 8.31. The molecular weight excluding hydrogens is 344 g/mol. The van der Waals surface area contributed by atoms with E-state index in [9.17, 15) is 14.4 Å². The Labute approximate surface area is 145 Å². The molecule has 0 unspecified atom stereocenters. The fourth-order valence-corrected chi connectivity index (χ4v) is 3.44. The van der Waals surface area contributed by atoms with Crippen LogP contribution in [0.1, 0.15) is 22.3 Å². The second-order valence-electron chi connectivity index (χ2n) is 5.42. The van der Waals surface area contributed by atoms with E-state index in [4.69, 9.17) is 11.5 Å². The molecule has 0 spiro atoms. The molecule has 9 nitrogen and oxygen atoms in total. The lowest BCUT2D eigenvalue weighted by Crippen LogP contribution is -2.30. The van der Waals surface area contributed by atoms with Crippen LogP contribution in [0.2, 0.25) is 0 Å². The Balaban J connectivity index is 2.42. The van der Waals surface area contributed by atoms with Gasteiger partial charge in [-0.2, -0.15) is 0 Å². The fourth-order valence-electron chi connectivity index (χ4n) is 2.64. The largest absolute Gasteiger partial charge is 0.368 e. The van der Waals surface area contributed by atoms with Crippen LogP contribution >= 0.6 is 11.3 Å². The number of rotatable bonds is 5. The lowest BCUT2D eigenvalue weighted by molar-refractivity contribution is -0.118. The van der Waals surface area contributed by atoms with E-state index >= 15 is 0 Å². The van der Waals surface area contributed by atoms with Crippen molar-refractivity contribution in [2.24, 2.45) is 11.5 Å². The van der Waals surface area contributed by atoms with Gasteiger partial charge < -0.3 is 11.5 Å². The zero-order valence-electron chi connectivity index (χ0n) is 13.6. The van der Waals surface area contributed by atoms with Crippen LogP contribution in [0.15, 0.2) is 16.9 Å². The number of imidazole rings is 1. The quantitative estimate of drug-likeness (QED) is 0.670. The standard InChI is InChI=1S/C15H16N6O3S/c1-3-20-14-11(21(15(20)24)6-9(16)22)10(12(17)23)18-13(19-14)8-5-4-7(2)25-8/h4-5H,3,6H2,1-2H3,(H2,16,22)(H2,17,23). The van der Waals surface area contributed by atoms with Crippen molar-refractivity contribution in [2.45, 2.75) is 26.9 Å². The Morgan fingerprint density at radius 2 is 1.92 bits per heavy atom. The van der Waals surface area contributed by atoms with E-state index in [1.54, 1.807) is 6.92 Å². The molecule has 25 heavy (non-hydrogen) atoms. The van der Waals surface area contributed by atoms with E-state index in [2.05, 4.69) is 9.97 Å². The Bertz CT molecular complexity index is 1060. The van der Waals surface area contributed by atoms with E-state index in [1.807, 2.05) is 19.1 Å². The Morgan fingerprint density at radius 1 is 1.20 bits per heavy atom. The zero-order chi connectivity index (χ0) is 18.3. The number of nitrogens with two attached hydrogens (primary N) is 2. The first kappa shape index (κ1) is 16.8. The number of hydrogen-bond donors (Lipinski definition) is 2. The first-order valence-electron chi connectivity index (χ1n) is 7.49. The molecule has 3 aromatic rings. The molecule has 2 amide bonds. The highest BCUT2D eigenvalue weighted by Crippen LogP contribution is 2.27. The van der Waals surface area contributed by atoms with Crippen LogP contribution in [-0.2, 0) is 17.9 Å². The van der Waals surface area contributed by atoms with E-state index in [0.29, 0.717) is 12.4 Å². The number of thiophene rings is 1. The number of amides is 2. The second-order valence-corrected chi connectivity index (χ2v) is 6.71. The van der Waals surface area contributed by atoms with E-state index in [0.717, 1.165) is 14.3 Å². The number of nitrogens with zero attached hydrogens (tertiary/aromatic N) is 4. The molecule has 0 saturated heterocycles. The van der Waals surface area contributed by atoms with Crippen LogP contribution in [0.3, 0.4) is 0 Å². The number of carbonyl (C=O) groups excluding carboxylic acids is 2. The summed E-state index contributed by atoms with van der Waals surface area (Å²) in [6.07, 6.45) is 0. The SMILES string of the molecule is CCn1c(=O)n(CC(N)=O)c2c(C(N)=O)nc(-c3ccc(C)s3)nc21. The van der Waals surface area contributed by atoms with Crippen LogP contribution in [-0.4, -0.2) is 30.9 Å². The average Bonchev–Trinajstić information content (AvgIpc) is 3.08. The molecule has 0 aliphatic rings. The smallest absolute Gasteiger partial charge is 0.330 e. The molecule has 3 aromatic heterocycles. The van der Waals surface area contributed by atoms with Crippen molar-refractivity contribution in [3.63, 3.8) is 0 Å². The van der Waals surface area contributed by atoms with Gasteiger partial charge in [-0.25, -0.2) is 14.8 Å². The molecule has 0 bridgehead atoms. The summed E-state index contributed by atoms with van der Waals surface area (Å²) in [5.41, 5.74) is 10.4. The molecule has 130 valence electrons. The van der Waals surface area contributed by atoms with Crippen molar-refractivity contribution < 1.29 is 9.59 Å². The van der Waals surface area contributed by atoms with E-state index in [-0.39, 0.29) is 23.4 Å². The highest BCUT2D eigenvalue weighted by atomic mass is 32.1. The normalized spacial score (nSPS) is 11.1. The van der Waals surface area contributed by atoms with Crippen LogP contribution < -0.4 is 17.2 Å². The van der Waals surface area contributed by atoms with Gasteiger partial charge in [0, 0.05) is 11.4 Å². The first-order chi connectivity index (χ1) is 11.8. The Morgan fingerprint density at radius 3 is 2.44 bits per heavy atom. The van der Waals surface area contributed by atoms with Crippen LogP contribution in [0.25, 0.3) is 21.9 Å². The van der Waals surface area contributed by atoms with E-state index < -0.39 is 17.5 Å². The number of aromatic nitrogens is 4. The van der Waals surface area contributed by atoms with Gasteiger partial charge in [0.05, 0.1) is 4.88 Å². The molecule has 0 saturated carbocycles. The van der Waals surface area contributed by atoms with Crippen molar-refractivity contribution in [3.05, 3.63) is 33.2 Å². The molecule has 0 aromatic carbocycles. The van der Waals surface area contributed by atoms with Crippen molar-refractivity contribution in [1.29, 1.82) is 0 Å². The minimum absolute atomic E-state index is 0.114. The van der Waals surface area contributed by atoms with Crippen molar-refractivity contribution in [2.75, 3.05) is 0 Å². The van der Waals surface area contributed by atoms with Gasteiger partial charge >= 0.3 is 5.69 Å². The van der Waals surface area contributed by atoms with Crippen LogP contribution in [0.4, 0.5) is 0 Å². The summed E-state index contributed by atoms with van der Waals surface area (Å²) >= 11 is 1.46. The minimum Gasteiger partial charge on any atom is -0.368 e. The summed E-state index contributed by atoms with van der Waals surface area (Å²) in [4.78, 5) is 46.3. The van der Waals surface area contributed by atoms with Crippen molar-refractivity contribution in [3.8, 4) is 10.7 Å².